The standard InChI is InChI=1S/C23H24N4O5/c1-27-11-13(10-25-27)20-18(14-6-7-15(29-2)19(24)21(14)26-20)22(28)12-8-16(30-3)23(32-5)17(9-12)31-4/h6-11,26H,24H2,1-5H3. The number of rotatable bonds is 7. The van der Waals surface area contributed by atoms with Gasteiger partial charge >= 0.3 is 0 Å². The van der Waals surface area contributed by atoms with E-state index in [4.69, 9.17) is 24.7 Å². The maximum Gasteiger partial charge on any atom is 0.203 e. The molecule has 0 amide bonds. The summed E-state index contributed by atoms with van der Waals surface area (Å²) in [5.41, 5.74) is 9.53. The highest BCUT2D eigenvalue weighted by Crippen LogP contribution is 2.41. The number of ether oxygens (including phenoxy) is 4. The van der Waals surface area contributed by atoms with E-state index in [2.05, 4.69) is 10.1 Å². The Morgan fingerprint density at radius 1 is 1.00 bits per heavy atom. The second-order valence-corrected chi connectivity index (χ2v) is 7.12. The molecular weight excluding hydrogens is 412 g/mol. The molecule has 0 radical (unpaired) electrons. The van der Waals surface area contributed by atoms with Gasteiger partial charge < -0.3 is 29.7 Å². The normalized spacial score (nSPS) is 10.9. The second kappa shape index (κ2) is 8.18. The highest BCUT2D eigenvalue weighted by molar-refractivity contribution is 6.22. The van der Waals surface area contributed by atoms with Crippen molar-refractivity contribution in [3.05, 3.63) is 47.8 Å². The largest absolute Gasteiger partial charge is 0.495 e. The molecule has 0 atom stereocenters. The molecule has 4 rings (SSSR count). The van der Waals surface area contributed by atoms with Crippen LogP contribution in [0.15, 0.2) is 36.7 Å². The molecule has 2 heterocycles. The van der Waals surface area contributed by atoms with Crippen LogP contribution in [0.4, 0.5) is 5.69 Å². The molecular formula is C23H24N4O5. The molecule has 2 aromatic carbocycles. The fourth-order valence-corrected chi connectivity index (χ4v) is 3.80. The number of benzene rings is 2. The lowest BCUT2D eigenvalue weighted by Gasteiger charge is -2.14. The van der Waals surface area contributed by atoms with Crippen molar-refractivity contribution in [2.45, 2.75) is 0 Å². The van der Waals surface area contributed by atoms with E-state index in [1.54, 1.807) is 36.2 Å². The molecule has 0 fully saturated rings. The third-order valence-corrected chi connectivity index (χ3v) is 5.34. The molecule has 3 N–H and O–H groups in total. The average Bonchev–Trinajstić information content (AvgIpc) is 3.41. The highest BCUT2D eigenvalue weighted by Gasteiger charge is 2.26. The van der Waals surface area contributed by atoms with Crippen LogP contribution in [0.25, 0.3) is 22.2 Å². The summed E-state index contributed by atoms with van der Waals surface area (Å²) in [5, 5.41) is 4.91. The zero-order valence-electron chi connectivity index (χ0n) is 18.5. The van der Waals surface area contributed by atoms with Crippen molar-refractivity contribution in [1.82, 2.24) is 14.8 Å². The van der Waals surface area contributed by atoms with Crippen molar-refractivity contribution >= 4 is 22.4 Å². The maximum atomic E-state index is 13.9. The minimum Gasteiger partial charge on any atom is -0.495 e. The van der Waals surface area contributed by atoms with Crippen LogP contribution >= 0.6 is 0 Å². The number of ketones is 1. The van der Waals surface area contributed by atoms with Crippen LogP contribution in [-0.4, -0.2) is 49.0 Å². The molecule has 0 spiro atoms. The van der Waals surface area contributed by atoms with E-state index in [1.165, 1.54) is 21.3 Å². The van der Waals surface area contributed by atoms with Crippen LogP contribution in [0.2, 0.25) is 0 Å². The van der Waals surface area contributed by atoms with Crippen molar-refractivity contribution in [3.63, 3.8) is 0 Å². The van der Waals surface area contributed by atoms with Crippen LogP contribution in [0, 0.1) is 0 Å². The summed E-state index contributed by atoms with van der Waals surface area (Å²) < 4.78 is 23.3. The van der Waals surface area contributed by atoms with Gasteiger partial charge in [-0.05, 0) is 24.3 Å². The number of methoxy groups -OCH3 is 4. The Kier molecular flexibility index (Phi) is 5.40. The predicted molar refractivity (Wildman–Crippen MR) is 121 cm³/mol. The number of fused-ring (bicyclic) bond motifs is 1. The van der Waals surface area contributed by atoms with E-state index in [0.29, 0.717) is 56.4 Å². The molecule has 9 heteroatoms. The quantitative estimate of drug-likeness (QED) is 0.337. The van der Waals surface area contributed by atoms with Crippen molar-refractivity contribution < 1.29 is 23.7 Å². The highest BCUT2D eigenvalue weighted by atomic mass is 16.5. The lowest BCUT2D eigenvalue weighted by atomic mass is 9.97. The first kappa shape index (κ1) is 21.1. The first-order valence-electron chi connectivity index (χ1n) is 9.75. The van der Waals surface area contributed by atoms with Crippen LogP contribution in [0.3, 0.4) is 0 Å². The number of nitrogens with two attached hydrogens (primary N) is 1. The van der Waals surface area contributed by atoms with Crippen molar-refractivity contribution in [1.29, 1.82) is 0 Å². The summed E-state index contributed by atoms with van der Waals surface area (Å²) in [4.78, 5) is 17.2. The van der Waals surface area contributed by atoms with Crippen LogP contribution in [0.1, 0.15) is 15.9 Å². The Balaban J connectivity index is 1.99. The number of hydrogen-bond donors (Lipinski definition) is 2. The number of anilines is 1. The summed E-state index contributed by atoms with van der Waals surface area (Å²) in [7, 11) is 7.88. The number of aromatic amines is 1. The first-order valence-corrected chi connectivity index (χ1v) is 9.75. The SMILES string of the molecule is COc1cc(C(=O)c2c(-c3cnn(C)c3)[nH]c3c(N)c(OC)ccc23)cc(OC)c1OC. The van der Waals surface area contributed by atoms with E-state index in [-0.39, 0.29) is 5.78 Å². The molecule has 2 aromatic heterocycles. The molecule has 0 aliphatic carbocycles. The van der Waals surface area contributed by atoms with Gasteiger partial charge in [0, 0.05) is 29.8 Å². The van der Waals surface area contributed by atoms with Gasteiger partial charge in [0.15, 0.2) is 17.3 Å². The zero-order chi connectivity index (χ0) is 23.0. The lowest BCUT2D eigenvalue weighted by Crippen LogP contribution is -2.05. The zero-order valence-corrected chi connectivity index (χ0v) is 18.5. The summed E-state index contributed by atoms with van der Waals surface area (Å²) in [6.07, 6.45) is 3.51. The fraction of sp³-hybridized carbons (Fsp3) is 0.217. The maximum absolute atomic E-state index is 13.9. The number of H-pyrrole nitrogens is 1. The Morgan fingerprint density at radius 3 is 2.19 bits per heavy atom. The summed E-state index contributed by atoms with van der Waals surface area (Å²) >= 11 is 0. The smallest absolute Gasteiger partial charge is 0.203 e. The first-order chi connectivity index (χ1) is 15.4. The van der Waals surface area contributed by atoms with Gasteiger partial charge in [-0.15, -0.1) is 0 Å². The number of nitrogen functional groups attached to an aromatic ring is 1. The topological polar surface area (TPSA) is 114 Å². The van der Waals surface area contributed by atoms with Crippen LogP contribution in [-0.2, 0) is 7.05 Å². The average molecular weight is 436 g/mol. The number of hydrogen-bond acceptors (Lipinski definition) is 7. The van der Waals surface area contributed by atoms with Crippen LogP contribution < -0.4 is 24.7 Å². The predicted octanol–water partition coefficient (Wildman–Crippen LogP) is 3.42. The van der Waals surface area contributed by atoms with Gasteiger partial charge in [0.1, 0.15) is 5.75 Å². The molecule has 166 valence electrons. The fourth-order valence-electron chi connectivity index (χ4n) is 3.80. The Hall–Kier alpha value is -4.14. The number of carbonyl (C=O) groups excluding carboxylic acids is 1. The minimum atomic E-state index is -0.237. The van der Waals surface area contributed by atoms with Gasteiger partial charge in [0.2, 0.25) is 5.75 Å². The summed E-state index contributed by atoms with van der Waals surface area (Å²) in [6.45, 7) is 0. The van der Waals surface area contributed by atoms with Gasteiger partial charge in [-0.25, -0.2) is 0 Å². The Morgan fingerprint density at radius 2 is 1.66 bits per heavy atom. The third kappa shape index (κ3) is 3.27. The molecule has 4 aromatic rings. The Bertz CT molecular complexity index is 1300. The number of aryl methyl sites for hydroxylation is 1. The van der Waals surface area contributed by atoms with Gasteiger partial charge in [0.05, 0.1) is 57.1 Å². The van der Waals surface area contributed by atoms with Gasteiger partial charge in [-0.2, -0.15) is 5.10 Å². The van der Waals surface area contributed by atoms with E-state index >= 15 is 0 Å². The second-order valence-electron chi connectivity index (χ2n) is 7.12. The van der Waals surface area contributed by atoms with Crippen LogP contribution in [0.5, 0.6) is 23.0 Å². The number of nitrogens with zero attached hydrogens (tertiary/aromatic N) is 2. The minimum absolute atomic E-state index is 0.237. The molecule has 0 unspecified atom stereocenters. The van der Waals surface area contributed by atoms with Gasteiger partial charge in [-0.1, -0.05) is 0 Å². The van der Waals surface area contributed by atoms with Gasteiger partial charge in [-0.3, -0.25) is 9.48 Å². The monoisotopic (exact) mass is 436 g/mol. The molecule has 9 nitrogen and oxygen atoms in total. The molecule has 0 saturated heterocycles. The van der Waals surface area contributed by atoms with E-state index in [9.17, 15) is 4.79 Å². The van der Waals surface area contributed by atoms with Crippen molar-refractivity contribution in [3.8, 4) is 34.3 Å². The van der Waals surface area contributed by atoms with E-state index in [0.717, 1.165) is 5.56 Å². The third-order valence-electron chi connectivity index (χ3n) is 5.34. The number of nitrogens with one attached hydrogen (secondary N) is 1. The lowest BCUT2D eigenvalue weighted by molar-refractivity contribution is 0.104. The number of aromatic nitrogens is 3. The molecule has 0 bridgehead atoms. The van der Waals surface area contributed by atoms with Gasteiger partial charge in [0.25, 0.3) is 0 Å². The van der Waals surface area contributed by atoms with Crippen molar-refractivity contribution in [2.75, 3.05) is 34.2 Å². The van der Waals surface area contributed by atoms with Crippen molar-refractivity contribution in [2.24, 2.45) is 7.05 Å². The molecule has 0 aliphatic rings. The number of carbonyl (C=O) groups is 1. The molecule has 0 aliphatic heterocycles. The molecule has 0 saturated carbocycles. The van der Waals surface area contributed by atoms with E-state index in [1.807, 2.05) is 19.3 Å². The Labute approximate surface area is 184 Å². The van der Waals surface area contributed by atoms with E-state index < -0.39 is 0 Å². The molecule has 32 heavy (non-hydrogen) atoms. The summed E-state index contributed by atoms with van der Waals surface area (Å²) in [5.74, 6) is 1.47. The summed E-state index contributed by atoms with van der Waals surface area (Å²) in [6, 6.07) is 6.81.